The van der Waals surface area contributed by atoms with Crippen molar-refractivity contribution in [3.8, 4) is 11.5 Å². The molecule has 180 valence electrons. The molecule has 1 amide bonds. The van der Waals surface area contributed by atoms with E-state index in [-0.39, 0.29) is 18.1 Å². The van der Waals surface area contributed by atoms with Crippen molar-refractivity contribution in [1.29, 1.82) is 0 Å². The second-order valence-corrected chi connectivity index (χ2v) is 7.78. The fraction of sp³-hybridized carbons (Fsp3) is 0.200. The highest BCUT2D eigenvalue weighted by atomic mass is 16.5. The third kappa shape index (κ3) is 5.32. The molecule has 0 fully saturated rings. The van der Waals surface area contributed by atoms with Crippen LogP contribution in [0.15, 0.2) is 81.2 Å². The van der Waals surface area contributed by atoms with E-state index < -0.39 is 17.2 Å². The maximum absolute atomic E-state index is 13.6. The molecule has 0 saturated heterocycles. The highest BCUT2D eigenvalue weighted by molar-refractivity contribution is 6.07. The number of H-pyrrole nitrogens is 1. The predicted octanol–water partition coefficient (Wildman–Crippen LogP) is 3.55. The first-order valence-electron chi connectivity index (χ1n) is 11.1. The lowest BCUT2D eigenvalue weighted by Gasteiger charge is -2.24. The molecule has 3 N–H and O–H groups in total. The number of nitrogen functional groups attached to an aromatic ring is 1. The number of hydrogen-bond acceptors (Lipinski definition) is 7. The minimum absolute atomic E-state index is 0.0565. The minimum atomic E-state index is -0.753. The summed E-state index contributed by atoms with van der Waals surface area (Å²) >= 11 is 0. The highest BCUT2D eigenvalue weighted by Crippen LogP contribution is 2.25. The van der Waals surface area contributed by atoms with Crippen molar-refractivity contribution in [2.24, 2.45) is 0 Å². The number of rotatable bonds is 9. The zero-order chi connectivity index (χ0) is 24.8. The van der Waals surface area contributed by atoms with Crippen molar-refractivity contribution in [1.82, 2.24) is 14.5 Å². The summed E-state index contributed by atoms with van der Waals surface area (Å²) in [5.74, 6) is 0.938. The van der Waals surface area contributed by atoms with Crippen LogP contribution < -0.4 is 26.6 Å². The van der Waals surface area contributed by atoms with Crippen molar-refractivity contribution < 1.29 is 13.9 Å². The summed E-state index contributed by atoms with van der Waals surface area (Å²) in [7, 11) is 0. The summed E-state index contributed by atoms with van der Waals surface area (Å²) < 4.78 is 12.4. The second kappa shape index (κ2) is 10.6. The largest absolute Gasteiger partial charge is 0.467 e. The van der Waals surface area contributed by atoms with Gasteiger partial charge < -0.3 is 14.9 Å². The molecule has 4 rings (SSSR count). The van der Waals surface area contributed by atoms with E-state index in [1.165, 1.54) is 15.7 Å². The van der Waals surface area contributed by atoms with Gasteiger partial charge in [-0.05, 0) is 55.0 Å². The predicted molar refractivity (Wildman–Crippen MR) is 131 cm³/mol. The van der Waals surface area contributed by atoms with E-state index in [4.69, 9.17) is 14.9 Å². The molecule has 1 aromatic carbocycles. The number of carbonyl (C=O) groups excluding carboxylic acids is 1. The van der Waals surface area contributed by atoms with E-state index in [0.29, 0.717) is 35.8 Å². The number of benzene rings is 1. The minimum Gasteiger partial charge on any atom is -0.467 e. The molecule has 0 radical (unpaired) electrons. The smallest absolute Gasteiger partial charge is 0.330 e. The first kappa shape index (κ1) is 23.6. The molecule has 35 heavy (non-hydrogen) atoms. The number of amides is 1. The summed E-state index contributed by atoms with van der Waals surface area (Å²) in [6.07, 6.45) is 6.19. The lowest BCUT2D eigenvalue weighted by Crippen LogP contribution is -2.41. The van der Waals surface area contributed by atoms with Crippen LogP contribution in [0.25, 0.3) is 0 Å². The zero-order valence-corrected chi connectivity index (χ0v) is 19.1. The topological polar surface area (TPSA) is 136 Å². The molecule has 3 aromatic heterocycles. The van der Waals surface area contributed by atoms with Crippen molar-refractivity contribution in [3.63, 3.8) is 0 Å². The van der Waals surface area contributed by atoms with Crippen LogP contribution in [-0.2, 0) is 13.1 Å². The van der Waals surface area contributed by atoms with Gasteiger partial charge in [0, 0.05) is 18.3 Å². The zero-order valence-electron chi connectivity index (χ0n) is 19.1. The number of nitrogens with two attached hydrogens (primary N) is 1. The SMILES string of the molecule is CCCCn1c(N)c(N(Cc2ccco2)C(=O)c2ccc(Oc3cccnc3)cc2)c(=O)[nH]c1=O. The Morgan fingerprint density at radius 2 is 1.94 bits per heavy atom. The van der Waals surface area contributed by atoms with Gasteiger partial charge in [-0.2, -0.15) is 0 Å². The van der Waals surface area contributed by atoms with Crippen molar-refractivity contribution in [3.05, 3.63) is 99.3 Å². The number of anilines is 2. The maximum atomic E-state index is 13.6. The summed E-state index contributed by atoms with van der Waals surface area (Å²) in [5, 5.41) is 0. The molecule has 0 atom stereocenters. The molecule has 0 aliphatic carbocycles. The Kier molecular flexibility index (Phi) is 7.10. The van der Waals surface area contributed by atoms with E-state index in [1.807, 2.05) is 6.92 Å². The summed E-state index contributed by atoms with van der Waals surface area (Å²) in [6.45, 7) is 2.23. The Hall–Kier alpha value is -4.60. The monoisotopic (exact) mass is 475 g/mol. The number of nitrogens with one attached hydrogen (secondary N) is 1. The fourth-order valence-electron chi connectivity index (χ4n) is 3.55. The average Bonchev–Trinajstić information content (AvgIpc) is 3.37. The number of pyridine rings is 1. The van der Waals surface area contributed by atoms with Crippen LogP contribution in [0.1, 0.15) is 35.9 Å². The van der Waals surface area contributed by atoms with Gasteiger partial charge in [-0.1, -0.05) is 13.3 Å². The first-order chi connectivity index (χ1) is 17.0. The van der Waals surface area contributed by atoms with Crippen LogP contribution in [0.4, 0.5) is 11.5 Å². The molecule has 0 bridgehead atoms. The molecular formula is C25H25N5O5. The number of nitrogens with zero attached hydrogens (tertiary/aromatic N) is 3. The number of carbonyl (C=O) groups is 1. The molecule has 10 heteroatoms. The lowest BCUT2D eigenvalue weighted by molar-refractivity contribution is 0.0983. The maximum Gasteiger partial charge on any atom is 0.330 e. The van der Waals surface area contributed by atoms with Gasteiger partial charge >= 0.3 is 5.69 Å². The number of furan rings is 1. The Morgan fingerprint density at radius 1 is 1.14 bits per heavy atom. The van der Waals surface area contributed by atoms with E-state index in [0.717, 1.165) is 6.42 Å². The first-order valence-corrected chi connectivity index (χ1v) is 11.1. The Labute approximate surface area is 200 Å². The van der Waals surface area contributed by atoms with Gasteiger partial charge in [-0.15, -0.1) is 0 Å². The van der Waals surface area contributed by atoms with Crippen LogP contribution in [0, 0.1) is 0 Å². The number of ether oxygens (including phenoxy) is 1. The molecule has 4 aromatic rings. The molecular weight excluding hydrogens is 450 g/mol. The Balaban J connectivity index is 1.70. The molecule has 0 aliphatic rings. The second-order valence-electron chi connectivity index (χ2n) is 7.78. The molecule has 0 aliphatic heterocycles. The van der Waals surface area contributed by atoms with E-state index >= 15 is 0 Å². The number of hydrogen-bond donors (Lipinski definition) is 2. The van der Waals surface area contributed by atoms with E-state index in [2.05, 4.69) is 9.97 Å². The Bertz CT molecular complexity index is 1390. The van der Waals surface area contributed by atoms with Crippen molar-refractivity contribution in [2.75, 3.05) is 10.6 Å². The molecule has 0 saturated carbocycles. The van der Waals surface area contributed by atoms with Crippen LogP contribution >= 0.6 is 0 Å². The fourth-order valence-corrected chi connectivity index (χ4v) is 3.55. The summed E-state index contributed by atoms with van der Waals surface area (Å²) in [5.41, 5.74) is 5.08. The molecule has 3 heterocycles. The summed E-state index contributed by atoms with van der Waals surface area (Å²) in [6, 6.07) is 13.3. The summed E-state index contributed by atoms with van der Waals surface area (Å²) in [4.78, 5) is 46.3. The van der Waals surface area contributed by atoms with Gasteiger partial charge in [0.15, 0.2) is 5.69 Å². The highest BCUT2D eigenvalue weighted by Gasteiger charge is 2.26. The van der Waals surface area contributed by atoms with Gasteiger partial charge in [0.1, 0.15) is 23.1 Å². The third-order valence-corrected chi connectivity index (χ3v) is 5.33. The standard InChI is InChI=1S/C25H25N5O5/c1-2-3-13-29-22(26)21(23(31)28-25(29)33)30(16-20-7-5-14-34-20)24(32)17-8-10-18(11-9-17)35-19-6-4-12-27-15-19/h4-12,14-15H,2-3,13,16,26H2,1H3,(H,28,31,33). The number of unbranched alkanes of at least 4 members (excludes halogenated alkanes) is 1. The average molecular weight is 476 g/mol. The van der Waals surface area contributed by atoms with Crippen molar-refractivity contribution >= 4 is 17.4 Å². The van der Waals surface area contributed by atoms with Crippen molar-refractivity contribution in [2.45, 2.75) is 32.9 Å². The normalized spacial score (nSPS) is 10.8. The quantitative estimate of drug-likeness (QED) is 0.378. The third-order valence-electron chi connectivity index (χ3n) is 5.33. The van der Waals surface area contributed by atoms with E-state index in [1.54, 1.807) is 60.9 Å². The van der Waals surface area contributed by atoms with Crippen LogP contribution in [0.5, 0.6) is 11.5 Å². The lowest BCUT2D eigenvalue weighted by atomic mass is 10.1. The van der Waals surface area contributed by atoms with Crippen LogP contribution in [0.2, 0.25) is 0 Å². The van der Waals surface area contributed by atoms with Gasteiger partial charge in [0.25, 0.3) is 11.5 Å². The number of aromatic nitrogens is 3. The van der Waals surface area contributed by atoms with Gasteiger partial charge in [-0.25, -0.2) is 4.79 Å². The van der Waals surface area contributed by atoms with Gasteiger partial charge in [-0.3, -0.25) is 29.0 Å². The molecule has 10 nitrogen and oxygen atoms in total. The van der Waals surface area contributed by atoms with Crippen LogP contribution in [-0.4, -0.2) is 20.4 Å². The molecule has 0 unspecified atom stereocenters. The van der Waals surface area contributed by atoms with Gasteiger partial charge in [0.05, 0.1) is 19.0 Å². The van der Waals surface area contributed by atoms with Crippen LogP contribution in [0.3, 0.4) is 0 Å². The number of aromatic amines is 1. The van der Waals surface area contributed by atoms with E-state index in [9.17, 15) is 14.4 Å². The molecule has 0 spiro atoms. The van der Waals surface area contributed by atoms with Gasteiger partial charge in [0.2, 0.25) is 0 Å². The Morgan fingerprint density at radius 3 is 2.60 bits per heavy atom.